The highest BCUT2D eigenvalue weighted by atomic mass is 79.9. The van der Waals surface area contributed by atoms with Crippen molar-refractivity contribution in [1.29, 1.82) is 0 Å². The third-order valence-electron chi connectivity index (χ3n) is 4.75. The van der Waals surface area contributed by atoms with E-state index in [0.29, 0.717) is 17.6 Å². The normalized spacial score (nSPS) is 13.6. The SMILES string of the molecule is Cc1cc2nc3n(c(=O)c2n1CC(=O)Nc1ccc(Br)cc1)CCCC3. The minimum atomic E-state index is -0.171. The summed E-state index contributed by atoms with van der Waals surface area (Å²) in [5.74, 6) is 0.681. The van der Waals surface area contributed by atoms with E-state index in [2.05, 4.69) is 26.2 Å². The predicted molar refractivity (Wildman–Crippen MR) is 104 cm³/mol. The van der Waals surface area contributed by atoms with Crippen LogP contribution < -0.4 is 10.9 Å². The third kappa shape index (κ3) is 3.07. The molecule has 6 nitrogen and oxygen atoms in total. The predicted octanol–water partition coefficient (Wildman–Crippen LogP) is 3.24. The van der Waals surface area contributed by atoms with Crippen LogP contribution in [0.25, 0.3) is 11.0 Å². The fraction of sp³-hybridized carbons (Fsp3) is 0.316. The first-order valence-corrected chi connectivity index (χ1v) is 9.47. The number of aromatic nitrogens is 3. The van der Waals surface area contributed by atoms with Gasteiger partial charge in [0.1, 0.15) is 17.9 Å². The molecule has 3 heterocycles. The van der Waals surface area contributed by atoms with Gasteiger partial charge in [-0.3, -0.25) is 14.2 Å². The Kier molecular flexibility index (Phi) is 4.40. The van der Waals surface area contributed by atoms with Crippen molar-refractivity contribution < 1.29 is 4.79 Å². The van der Waals surface area contributed by atoms with Crippen molar-refractivity contribution in [1.82, 2.24) is 14.1 Å². The topological polar surface area (TPSA) is 68.9 Å². The fourth-order valence-electron chi connectivity index (χ4n) is 3.47. The number of hydrogen-bond donors (Lipinski definition) is 1. The van der Waals surface area contributed by atoms with Crippen molar-refractivity contribution in [2.45, 2.75) is 39.3 Å². The van der Waals surface area contributed by atoms with Crippen molar-refractivity contribution in [2.24, 2.45) is 0 Å². The molecule has 4 rings (SSSR count). The molecule has 0 atom stereocenters. The Morgan fingerprint density at radius 2 is 2.04 bits per heavy atom. The highest BCUT2D eigenvalue weighted by Gasteiger charge is 2.19. The van der Waals surface area contributed by atoms with Gasteiger partial charge in [0, 0.05) is 28.8 Å². The van der Waals surface area contributed by atoms with E-state index in [1.165, 1.54) is 0 Å². The second-order valence-electron chi connectivity index (χ2n) is 6.60. The fourth-order valence-corrected chi connectivity index (χ4v) is 3.73. The number of hydrogen-bond acceptors (Lipinski definition) is 3. The summed E-state index contributed by atoms with van der Waals surface area (Å²) in [5.41, 5.74) is 2.73. The van der Waals surface area contributed by atoms with Gasteiger partial charge >= 0.3 is 0 Å². The maximum absolute atomic E-state index is 12.9. The Morgan fingerprint density at radius 3 is 2.81 bits per heavy atom. The lowest BCUT2D eigenvalue weighted by Gasteiger charge is -2.17. The zero-order valence-corrected chi connectivity index (χ0v) is 16.0. The zero-order valence-electron chi connectivity index (χ0n) is 14.5. The number of benzene rings is 1. The number of anilines is 1. The summed E-state index contributed by atoms with van der Waals surface area (Å²) < 4.78 is 4.47. The zero-order chi connectivity index (χ0) is 18.3. The van der Waals surface area contributed by atoms with Crippen molar-refractivity contribution in [3.8, 4) is 0 Å². The van der Waals surface area contributed by atoms with E-state index in [1.807, 2.05) is 37.3 Å². The largest absolute Gasteiger partial charge is 0.330 e. The molecule has 1 aromatic carbocycles. The van der Waals surface area contributed by atoms with Crippen LogP contribution in [0.1, 0.15) is 24.4 Å². The number of nitrogens with zero attached hydrogens (tertiary/aromatic N) is 3. The van der Waals surface area contributed by atoms with E-state index < -0.39 is 0 Å². The van der Waals surface area contributed by atoms with Gasteiger partial charge in [-0.05, 0) is 50.1 Å². The molecule has 0 aliphatic carbocycles. The molecule has 0 radical (unpaired) electrons. The molecule has 7 heteroatoms. The monoisotopic (exact) mass is 414 g/mol. The van der Waals surface area contributed by atoms with Crippen molar-refractivity contribution in [2.75, 3.05) is 5.32 Å². The Labute approximate surface area is 159 Å². The molecule has 3 aromatic rings. The number of fused-ring (bicyclic) bond motifs is 2. The standard InChI is InChI=1S/C19H19BrN4O2/c1-12-10-15-18(19(26)23-9-3-2-4-16(23)22-15)24(12)11-17(25)21-14-7-5-13(20)6-8-14/h5-8,10H,2-4,9,11H2,1H3,(H,21,25). The Hall–Kier alpha value is -2.41. The molecule has 26 heavy (non-hydrogen) atoms. The van der Waals surface area contributed by atoms with Crippen LogP contribution >= 0.6 is 15.9 Å². The molecular formula is C19H19BrN4O2. The molecule has 0 fully saturated rings. The van der Waals surface area contributed by atoms with Gasteiger partial charge in [-0.25, -0.2) is 4.98 Å². The summed E-state index contributed by atoms with van der Waals surface area (Å²) in [5, 5.41) is 2.87. The number of nitrogens with one attached hydrogen (secondary N) is 1. The van der Waals surface area contributed by atoms with Crippen LogP contribution in [0.4, 0.5) is 5.69 Å². The van der Waals surface area contributed by atoms with E-state index in [-0.39, 0.29) is 18.0 Å². The Balaban J connectivity index is 1.67. The number of amides is 1. The average Bonchev–Trinajstić information content (AvgIpc) is 2.93. The van der Waals surface area contributed by atoms with E-state index >= 15 is 0 Å². The van der Waals surface area contributed by atoms with Crippen molar-refractivity contribution in [3.63, 3.8) is 0 Å². The molecule has 0 saturated carbocycles. The molecule has 0 unspecified atom stereocenters. The summed E-state index contributed by atoms with van der Waals surface area (Å²) in [6.07, 6.45) is 2.89. The molecule has 0 spiro atoms. The maximum atomic E-state index is 12.9. The smallest absolute Gasteiger partial charge is 0.278 e. The third-order valence-corrected chi connectivity index (χ3v) is 5.28. The first-order chi connectivity index (χ1) is 12.5. The second kappa shape index (κ2) is 6.72. The lowest BCUT2D eigenvalue weighted by Crippen LogP contribution is -2.30. The lowest BCUT2D eigenvalue weighted by molar-refractivity contribution is -0.116. The Bertz CT molecular complexity index is 1050. The minimum absolute atomic E-state index is 0.0470. The number of rotatable bonds is 3. The van der Waals surface area contributed by atoms with E-state index in [0.717, 1.165) is 40.9 Å². The molecule has 0 saturated heterocycles. The van der Waals surface area contributed by atoms with Crippen molar-refractivity contribution >= 4 is 38.6 Å². The van der Waals surface area contributed by atoms with Crippen LogP contribution in [0.2, 0.25) is 0 Å². The first-order valence-electron chi connectivity index (χ1n) is 8.68. The molecule has 1 N–H and O–H groups in total. The number of halogens is 1. The van der Waals surface area contributed by atoms with Crippen LogP contribution in [0.15, 0.2) is 39.6 Å². The van der Waals surface area contributed by atoms with Gasteiger partial charge in [-0.1, -0.05) is 15.9 Å². The highest BCUT2D eigenvalue weighted by molar-refractivity contribution is 9.10. The average molecular weight is 415 g/mol. The number of carbonyl (C=O) groups is 1. The summed E-state index contributed by atoms with van der Waals surface area (Å²) in [7, 11) is 0. The molecule has 134 valence electrons. The first kappa shape index (κ1) is 17.0. The van der Waals surface area contributed by atoms with Gasteiger partial charge in [0.25, 0.3) is 5.56 Å². The van der Waals surface area contributed by atoms with E-state index in [1.54, 1.807) is 9.13 Å². The van der Waals surface area contributed by atoms with Gasteiger partial charge in [-0.15, -0.1) is 0 Å². The summed E-state index contributed by atoms with van der Waals surface area (Å²) in [6.45, 7) is 2.69. The minimum Gasteiger partial charge on any atom is -0.330 e. The van der Waals surface area contributed by atoms with Crippen molar-refractivity contribution in [3.05, 3.63) is 56.7 Å². The number of carbonyl (C=O) groups excluding carboxylic acids is 1. The van der Waals surface area contributed by atoms with Gasteiger partial charge in [0.05, 0.1) is 5.52 Å². The summed E-state index contributed by atoms with van der Waals surface area (Å²) >= 11 is 3.37. The van der Waals surface area contributed by atoms with Crippen LogP contribution in [-0.4, -0.2) is 20.0 Å². The lowest BCUT2D eigenvalue weighted by atomic mass is 10.1. The van der Waals surface area contributed by atoms with Crippen LogP contribution in [0.5, 0.6) is 0 Å². The second-order valence-corrected chi connectivity index (χ2v) is 7.52. The number of aryl methyl sites for hydroxylation is 2. The van der Waals surface area contributed by atoms with E-state index in [4.69, 9.17) is 0 Å². The van der Waals surface area contributed by atoms with Gasteiger partial charge in [0.15, 0.2) is 0 Å². The molecule has 1 amide bonds. The van der Waals surface area contributed by atoms with Crippen LogP contribution in [0, 0.1) is 6.92 Å². The summed E-state index contributed by atoms with van der Waals surface area (Å²) in [6, 6.07) is 9.28. The molecule has 1 aliphatic rings. The van der Waals surface area contributed by atoms with E-state index in [9.17, 15) is 9.59 Å². The maximum Gasteiger partial charge on any atom is 0.278 e. The highest BCUT2D eigenvalue weighted by Crippen LogP contribution is 2.19. The van der Waals surface area contributed by atoms with Gasteiger partial charge in [0.2, 0.25) is 5.91 Å². The van der Waals surface area contributed by atoms with Gasteiger partial charge in [-0.2, -0.15) is 0 Å². The summed E-state index contributed by atoms with van der Waals surface area (Å²) in [4.78, 5) is 30.1. The van der Waals surface area contributed by atoms with Crippen LogP contribution in [0.3, 0.4) is 0 Å². The molecular weight excluding hydrogens is 396 g/mol. The van der Waals surface area contributed by atoms with Crippen LogP contribution in [-0.2, 0) is 24.3 Å². The molecule has 0 bridgehead atoms. The molecule has 1 aliphatic heterocycles. The quantitative estimate of drug-likeness (QED) is 0.714. The Morgan fingerprint density at radius 1 is 1.27 bits per heavy atom. The van der Waals surface area contributed by atoms with Gasteiger partial charge < -0.3 is 9.88 Å². The molecule has 2 aromatic heterocycles.